The molecule has 0 spiro atoms. The number of likely N-dealkylation sites (tertiary alicyclic amines) is 1. The number of amides is 2. The zero-order valence-corrected chi connectivity index (χ0v) is 15.2. The van der Waals surface area contributed by atoms with E-state index in [1.165, 1.54) is 0 Å². The Labute approximate surface area is 153 Å². The van der Waals surface area contributed by atoms with Crippen LogP contribution >= 0.6 is 0 Å². The summed E-state index contributed by atoms with van der Waals surface area (Å²) < 4.78 is 0. The van der Waals surface area contributed by atoms with E-state index >= 15 is 0 Å². The number of hydrogen-bond acceptors (Lipinski definition) is 5. The first-order valence-corrected chi connectivity index (χ1v) is 8.99. The summed E-state index contributed by atoms with van der Waals surface area (Å²) in [6.07, 6.45) is 7.08. The standard InChI is InChI=1S/C19H24N4O3/c1-3-8-26-22-13(2)16-11-23(12-16)18(25)7-4-14-9-15-5-6-17(24)21-19(15)20-10-14/h4,7,9-10,16H,3,5-6,8,11-12H2,1-2H3,(H,20,21,24). The topological polar surface area (TPSA) is 83.9 Å². The minimum Gasteiger partial charge on any atom is -0.396 e. The fraction of sp³-hybridized carbons (Fsp3) is 0.474. The van der Waals surface area contributed by atoms with Crippen LogP contribution in [0.1, 0.15) is 37.8 Å². The summed E-state index contributed by atoms with van der Waals surface area (Å²) in [7, 11) is 0. The average Bonchev–Trinajstić information content (AvgIpc) is 2.59. The molecule has 0 bridgehead atoms. The number of hydrogen-bond donors (Lipinski definition) is 1. The number of aromatic nitrogens is 1. The second-order valence-electron chi connectivity index (χ2n) is 6.66. The summed E-state index contributed by atoms with van der Waals surface area (Å²) in [5.74, 6) is 0.873. The summed E-state index contributed by atoms with van der Waals surface area (Å²) >= 11 is 0. The molecule has 0 aliphatic carbocycles. The third-order valence-corrected chi connectivity index (χ3v) is 4.57. The Hall–Kier alpha value is -2.70. The quantitative estimate of drug-likeness (QED) is 0.367. The highest BCUT2D eigenvalue weighted by Gasteiger charge is 2.31. The van der Waals surface area contributed by atoms with E-state index in [1.54, 1.807) is 23.2 Å². The minimum absolute atomic E-state index is 0.00488. The predicted octanol–water partition coefficient (Wildman–Crippen LogP) is 2.24. The van der Waals surface area contributed by atoms with E-state index in [0.717, 1.165) is 23.3 Å². The molecule has 0 saturated carbocycles. The van der Waals surface area contributed by atoms with Crippen LogP contribution in [0.2, 0.25) is 0 Å². The van der Waals surface area contributed by atoms with Crippen molar-refractivity contribution in [2.24, 2.45) is 11.1 Å². The number of fused-ring (bicyclic) bond motifs is 1. The zero-order chi connectivity index (χ0) is 18.5. The van der Waals surface area contributed by atoms with Crippen LogP contribution in [0.5, 0.6) is 0 Å². The van der Waals surface area contributed by atoms with E-state index < -0.39 is 0 Å². The molecule has 2 amide bonds. The maximum absolute atomic E-state index is 12.2. The molecule has 138 valence electrons. The van der Waals surface area contributed by atoms with Gasteiger partial charge in [-0.3, -0.25) is 9.59 Å². The number of carbonyl (C=O) groups excluding carboxylic acids is 2. The molecule has 1 saturated heterocycles. The van der Waals surface area contributed by atoms with E-state index in [0.29, 0.717) is 38.4 Å². The third kappa shape index (κ3) is 4.28. The molecule has 0 aromatic carbocycles. The first kappa shape index (κ1) is 18.1. The largest absolute Gasteiger partial charge is 0.396 e. The summed E-state index contributed by atoms with van der Waals surface area (Å²) in [5.41, 5.74) is 2.80. The van der Waals surface area contributed by atoms with Gasteiger partial charge in [-0.1, -0.05) is 12.1 Å². The van der Waals surface area contributed by atoms with Crippen molar-refractivity contribution in [3.8, 4) is 0 Å². The minimum atomic E-state index is -0.0189. The van der Waals surface area contributed by atoms with Crippen LogP contribution in [-0.4, -0.2) is 47.1 Å². The Bertz CT molecular complexity index is 751. The highest BCUT2D eigenvalue weighted by atomic mass is 16.6. The van der Waals surface area contributed by atoms with Gasteiger partial charge in [0.1, 0.15) is 12.4 Å². The van der Waals surface area contributed by atoms with Crippen LogP contribution in [-0.2, 0) is 20.8 Å². The van der Waals surface area contributed by atoms with Crippen molar-refractivity contribution in [3.63, 3.8) is 0 Å². The van der Waals surface area contributed by atoms with Gasteiger partial charge in [0.15, 0.2) is 0 Å². The summed E-state index contributed by atoms with van der Waals surface area (Å²) in [6, 6.07) is 1.96. The number of nitrogens with zero attached hydrogens (tertiary/aromatic N) is 3. The van der Waals surface area contributed by atoms with E-state index in [9.17, 15) is 9.59 Å². The highest BCUT2D eigenvalue weighted by Crippen LogP contribution is 2.22. The first-order valence-electron chi connectivity index (χ1n) is 8.99. The van der Waals surface area contributed by atoms with Crippen molar-refractivity contribution in [1.29, 1.82) is 0 Å². The van der Waals surface area contributed by atoms with E-state index in [2.05, 4.69) is 15.5 Å². The Morgan fingerprint density at radius 3 is 3.04 bits per heavy atom. The van der Waals surface area contributed by atoms with Crippen molar-refractivity contribution in [2.75, 3.05) is 25.0 Å². The van der Waals surface area contributed by atoms with Crippen molar-refractivity contribution in [1.82, 2.24) is 9.88 Å². The second kappa shape index (κ2) is 8.12. The molecule has 0 atom stereocenters. The normalized spacial score (nSPS) is 17.7. The summed E-state index contributed by atoms with van der Waals surface area (Å²) in [5, 5.41) is 6.84. The molecule has 3 rings (SSSR count). The van der Waals surface area contributed by atoms with Crippen LogP contribution in [0.4, 0.5) is 5.82 Å². The van der Waals surface area contributed by atoms with Gasteiger partial charge in [0.2, 0.25) is 11.8 Å². The summed E-state index contributed by atoms with van der Waals surface area (Å²) in [4.78, 5) is 34.8. The van der Waals surface area contributed by atoms with Gasteiger partial charge in [0.25, 0.3) is 0 Å². The smallest absolute Gasteiger partial charge is 0.246 e. The van der Waals surface area contributed by atoms with Crippen LogP contribution in [0.3, 0.4) is 0 Å². The van der Waals surface area contributed by atoms with Gasteiger partial charge in [-0.2, -0.15) is 0 Å². The fourth-order valence-electron chi connectivity index (χ4n) is 2.87. The molecule has 1 aromatic rings. The van der Waals surface area contributed by atoms with Gasteiger partial charge in [-0.15, -0.1) is 0 Å². The number of aryl methyl sites for hydroxylation is 1. The SMILES string of the molecule is CCCON=C(C)C1CN(C(=O)C=Cc2cnc3c(c2)CCC(=O)N3)C1. The molecule has 2 aliphatic heterocycles. The molecular formula is C19H24N4O3. The van der Waals surface area contributed by atoms with Crippen molar-refractivity contribution < 1.29 is 14.4 Å². The molecular weight excluding hydrogens is 332 g/mol. The Balaban J connectivity index is 1.51. The molecule has 2 aliphatic rings. The number of anilines is 1. The second-order valence-corrected chi connectivity index (χ2v) is 6.66. The average molecular weight is 356 g/mol. The molecule has 7 heteroatoms. The lowest BCUT2D eigenvalue weighted by Gasteiger charge is -2.38. The molecule has 7 nitrogen and oxygen atoms in total. The van der Waals surface area contributed by atoms with Crippen molar-refractivity contribution in [2.45, 2.75) is 33.1 Å². The monoisotopic (exact) mass is 356 g/mol. The predicted molar refractivity (Wildman–Crippen MR) is 99.6 cm³/mol. The molecule has 1 fully saturated rings. The number of rotatable bonds is 6. The van der Waals surface area contributed by atoms with Gasteiger partial charge >= 0.3 is 0 Å². The van der Waals surface area contributed by atoms with Crippen LogP contribution in [0.15, 0.2) is 23.5 Å². The van der Waals surface area contributed by atoms with Crippen LogP contribution in [0.25, 0.3) is 6.08 Å². The van der Waals surface area contributed by atoms with Crippen molar-refractivity contribution in [3.05, 3.63) is 29.5 Å². The molecule has 3 heterocycles. The molecule has 1 aromatic heterocycles. The third-order valence-electron chi connectivity index (χ3n) is 4.57. The van der Waals surface area contributed by atoms with Gasteiger partial charge in [-0.25, -0.2) is 4.98 Å². The van der Waals surface area contributed by atoms with E-state index in [4.69, 9.17) is 4.84 Å². The maximum atomic E-state index is 12.2. The molecule has 0 radical (unpaired) electrons. The van der Waals surface area contributed by atoms with Gasteiger partial charge < -0.3 is 15.1 Å². The van der Waals surface area contributed by atoms with E-state index in [1.807, 2.05) is 19.9 Å². The fourth-order valence-corrected chi connectivity index (χ4v) is 2.87. The maximum Gasteiger partial charge on any atom is 0.246 e. The van der Waals surface area contributed by atoms with Crippen molar-refractivity contribution >= 4 is 29.4 Å². The lowest BCUT2D eigenvalue weighted by Crippen LogP contribution is -2.52. The number of oxime groups is 1. The molecule has 26 heavy (non-hydrogen) atoms. The zero-order valence-electron chi connectivity index (χ0n) is 15.2. The van der Waals surface area contributed by atoms with Gasteiger partial charge in [0.05, 0.1) is 5.71 Å². The van der Waals surface area contributed by atoms with E-state index in [-0.39, 0.29) is 17.7 Å². The van der Waals surface area contributed by atoms with Crippen LogP contribution < -0.4 is 5.32 Å². The van der Waals surface area contributed by atoms with Gasteiger partial charge in [0, 0.05) is 37.7 Å². The Morgan fingerprint density at radius 1 is 1.46 bits per heavy atom. The lowest BCUT2D eigenvalue weighted by atomic mass is 9.95. The lowest BCUT2D eigenvalue weighted by molar-refractivity contribution is -0.130. The number of carbonyl (C=O) groups is 2. The van der Waals surface area contributed by atoms with Crippen LogP contribution in [0, 0.1) is 5.92 Å². The Morgan fingerprint density at radius 2 is 2.27 bits per heavy atom. The number of nitrogens with one attached hydrogen (secondary N) is 1. The Kier molecular flexibility index (Phi) is 5.65. The summed E-state index contributed by atoms with van der Waals surface area (Å²) in [6.45, 7) is 5.93. The molecule has 1 N–H and O–H groups in total. The molecule has 0 unspecified atom stereocenters. The highest BCUT2D eigenvalue weighted by molar-refractivity contribution is 5.95. The first-order chi connectivity index (χ1) is 12.6. The number of pyridine rings is 1. The van der Waals surface area contributed by atoms with Gasteiger partial charge in [-0.05, 0) is 43.0 Å².